The SMILES string of the molecule is CCCCC/C=C/C(=O)CCc1ccc(OC(=O)c2ccccc2)c(OC)c1. The van der Waals surface area contributed by atoms with Gasteiger partial charge in [-0.25, -0.2) is 4.79 Å². The van der Waals surface area contributed by atoms with E-state index in [2.05, 4.69) is 6.92 Å². The van der Waals surface area contributed by atoms with Gasteiger partial charge in [-0.2, -0.15) is 0 Å². The molecule has 0 aliphatic heterocycles. The molecule has 0 aliphatic rings. The first kappa shape index (κ1) is 21.4. The van der Waals surface area contributed by atoms with Gasteiger partial charge in [0.2, 0.25) is 0 Å². The third kappa shape index (κ3) is 7.03. The Morgan fingerprint density at radius 2 is 1.79 bits per heavy atom. The number of rotatable bonds is 11. The summed E-state index contributed by atoms with van der Waals surface area (Å²) in [5.74, 6) is 0.525. The van der Waals surface area contributed by atoms with Crippen LogP contribution in [-0.4, -0.2) is 18.9 Å². The van der Waals surface area contributed by atoms with Crippen LogP contribution in [0, 0.1) is 0 Å². The molecule has 0 spiro atoms. The van der Waals surface area contributed by atoms with Crippen LogP contribution in [0.4, 0.5) is 0 Å². The van der Waals surface area contributed by atoms with Gasteiger partial charge >= 0.3 is 5.97 Å². The van der Waals surface area contributed by atoms with Crippen LogP contribution in [0.1, 0.15) is 54.9 Å². The van der Waals surface area contributed by atoms with Gasteiger partial charge in [0.1, 0.15) is 0 Å². The van der Waals surface area contributed by atoms with E-state index in [1.165, 1.54) is 20.0 Å². The van der Waals surface area contributed by atoms with Gasteiger partial charge in [0.05, 0.1) is 12.7 Å². The Morgan fingerprint density at radius 3 is 2.50 bits per heavy atom. The predicted octanol–water partition coefficient (Wildman–Crippen LogP) is 5.55. The van der Waals surface area contributed by atoms with Gasteiger partial charge in [0.15, 0.2) is 17.3 Å². The van der Waals surface area contributed by atoms with E-state index in [0.29, 0.717) is 29.9 Å². The molecular weight excluding hydrogens is 352 g/mol. The van der Waals surface area contributed by atoms with Crippen molar-refractivity contribution in [3.8, 4) is 11.5 Å². The maximum absolute atomic E-state index is 12.2. The normalized spacial score (nSPS) is 10.8. The van der Waals surface area contributed by atoms with Crippen LogP contribution in [0.3, 0.4) is 0 Å². The zero-order chi connectivity index (χ0) is 20.2. The summed E-state index contributed by atoms with van der Waals surface area (Å²) in [6.45, 7) is 2.16. The summed E-state index contributed by atoms with van der Waals surface area (Å²) in [4.78, 5) is 24.2. The third-order valence-corrected chi connectivity index (χ3v) is 4.38. The van der Waals surface area contributed by atoms with Gasteiger partial charge in [-0.15, -0.1) is 0 Å². The Kier molecular flexibility index (Phi) is 8.99. The molecule has 0 amide bonds. The molecule has 0 unspecified atom stereocenters. The van der Waals surface area contributed by atoms with E-state index < -0.39 is 5.97 Å². The number of unbranched alkanes of at least 4 members (excludes halogenated alkanes) is 3. The number of hydrogen-bond acceptors (Lipinski definition) is 4. The number of carbonyl (C=O) groups is 2. The number of ether oxygens (including phenoxy) is 2. The van der Waals surface area contributed by atoms with Gasteiger partial charge in [0, 0.05) is 6.42 Å². The summed E-state index contributed by atoms with van der Waals surface area (Å²) in [6.07, 6.45) is 9.15. The molecule has 4 nitrogen and oxygen atoms in total. The first-order chi connectivity index (χ1) is 13.6. The average molecular weight is 380 g/mol. The average Bonchev–Trinajstić information content (AvgIpc) is 2.73. The largest absolute Gasteiger partial charge is 0.493 e. The quantitative estimate of drug-likeness (QED) is 0.222. The minimum atomic E-state index is -0.435. The number of allylic oxidation sites excluding steroid dienone is 2. The lowest BCUT2D eigenvalue weighted by Crippen LogP contribution is -2.09. The molecule has 0 saturated heterocycles. The van der Waals surface area contributed by atoms with Gasteiger partial charge in [-0.3, -0.25) is 4.79 Å². The van der Waals surface area contributed by atoms with Crippen molar-refractivity contribution >= 4 is 11.8 Å². The lowest BCUT2D eigenvalue weighted by Gasteiger charge is -2.11. The van der Waals surface area contributed by atoms with Crippen LogP contribution < -0.4 is 9.47 Å². The highest BCUT2D eigenvalue weighted by Crippen LogP contribution is 2.29. The molecule has 2 aromatic carbocycles. The number of aryl methyl sites for hydroxylation is 1. The molecule has 0 radical (unpaired) electrons. The van der Waals surface area contributed by atoms with Crippen molar-refractivity contribution in [2.75, 3.05) is 7.11 Å². The van der Waals surface area contributed by atoms with Gasteiger partial charge in [-0.1, -0.05) is 50.1 Å². The van der Waals surface area contributed by atoms with Crippen LogP contribution >= 0.6 is 0 Å². The maximum atomic E-state index is 12.2. The minimum absolute atomic E-state index is 0.120. The summed E-state index contributed by atoms with van der Waals surface area (Å²) in [7, 11) is 1.53. The van der Waals surface area contributed by atoms with Crippen molar-refractivity contribution in [3.05, 3.63) is 71.8 Å². The second-order valence-electron chi connectivity index (χ2n) is 6.61. The fraction of sp³-hybridized carbons (Fsp3) is 0.333. The fourth-order valence-corrected chi connectivity index (χ4v) is 2.76. The Morgan fingerprint density at radius 1 is 1.00 bits per heavy atom. The van der Waals surface area contributed by atoms with E-state index in [1.807, 2.05) is 24.3 Å². The van der Waals surface area contributed by atoms with E-state index in [9.17, 15) is 9.59 Å². The van der Waals surface area contributed by atoms with Crippen molar-refractivity contribution in [3.63, 3.8) is 0 Å². The number of methoxy groups -OCH3 is 1. The second kappa shape index (κ2) is 11.8. The Hall–Kier alpha value is -2.88. The fourth-order valence-electron chi connectivity index (χ4n) is 2.76. The molecule has 0 bridgehead atoms. The number of ketones is 1. The molecule has 0 heterocycles. The molecule has 148 valence electrons. The van der Waals surface area contributed by atoms with Crippen molar-refractivity contribution in [2.45, 2.75) is 45.4 Å². The van der Waals surface area contributed by atoms with Crippen LogP contribution in [-0.2, 0) is 11.2 Å². The van der Waals surface area contributed by atoms with Gasteiger partial charge in [0.25, 0.3) is 0 Å². The van der Waals surface area contributed by atoms with Crippen molar-refractivity contribution < 1.29 is 19.1 Å². The van der Waals surface area contributed by atoms with E-state index in [4.69, 9.17) is 9.47 Å². The highest BCUT2D eigenvalue weighted by atomic mass is 16.6. The standard InChI is InChI=1S/C24H28O4/c1-3-4-5-6-10-13-21(25)16-14-19-15-17-22(23(18-19)27-2)28-24(26)20-11-8-7-9-12-20/h7-13,15,17-18H,3-6,14,16H2,1-2H3/b13-10+. The van der Waals surface area contributed by atoms with Crippen molar-refractivity contribution in [1.29, 1.82) is 0 Å². The molecule has 28 heavy (non-hydrogen) atoms. The summed E-state index contributed by atoms with van der Waals surface area (Å²) in [5, 5.41) is 0. The Labute approximate surface area is 167 Å². The predicted molar refractivity (Wildman–Crippen MR) is 111 cm³/mol. The molecule has 0 aliphatic carbocycles. The number of carbonyl (C=O) groups excluding carboxylic acids is 2. The molecule has 4 heteroatoms. The number of benzene rings is 2. The summed E-state index contributed by atoms with van der Waals surface area (Å²) >= 11 is 0. The maximum Gasteiger partial charge on any atom is 0.343 e. The lowest BCUT2D eigenvalue weighted by molar-refractivity contribution is -0.114. The molecule has 0 aromatic heterocycles. The topological polar surface area (TPSA) is 52.6 Å². The van der Waals surface area contributed by atoms with Crippen LogP contribution in [0.2, 0.25) is 0 Å². The minimum Gasteiger partial charge on any atom is -0.493 e. The zero-order valence-electron chi connectivity index (χ0n) is 16.6. The Bertz CT molecular complexity index is 794. The zero-order valence-corrected chi connectivity index (χ0v) is 16.6. The van der Waals surface area contributed by atoms with Crippen molar-refractivity contribution in [1.82, 2.24) is 0 Å². The molecular formula is C24H28O4. The number of hydrogen-bond donors (Lipinski definition) is 0. The molecule has 0 saturated carbocycles. The first-order valence-electron chi connectivity index (χ1n) is 9.77. The van der Waals surface area contributed by atoms with Crippen LogP contribution in [0.5, 0.6) is 11.5 Å². The van der Waals surface area contributed by atoms with E-state index in [-0.39, 0.29) is 5.78 Å². The number of esters is 1. The van der Waals surface area contributed by atoms with Crippen molar-refractivity contribution in [2.24, 2.45) is 0 Å². The second-order valence-corrected chi connectivity index (χ2v) is 6.61. The molecule has 2 rings (SSSR count). The molecule has 2 aromatic rings. The highest BCUT2D eigenvalue weighted by molar-refractivity contribution is 5.91. The molecule has 0 atom stereocenters. The van der Waals surface area contributed by atoms with Crippen LogP contribution in [0.25, 0.3) is 0 Å². The summed E-state index contributed by atoms with van der Waals surface area (Å²) in [5.41, 5.74) is 1.44. The summed E-state index contributed by atoms with van der Waals surface area (Å²) in [6, 6.07) is 14.2. The Balaban J connectivity index is 1.91. The van der Waals surface area contributed by atoms with Crippen LogP contribution in [0.15, 0.2) is 60.7 Å². The van der Waals surface area contributed by atoms with Gasteiger partial charge < -0.3 is 9.47 Å². The smallest absolute Gasteiger partial charge is 0.343 e. The van der Waals surface area contributed by atoms with E-state index in [1.54, 1.807) is 36.4 Å². The van der Waals surface area contributed by atoms with E-state index in [0.717, 1.165) is 18.4 Å². The molecule has 0 fully saturated rings. The third-order valence-electron chi connectivity index (χ3n) is 4.38. The molecule has 0 N–H and O–H groups in total. The van der Waals surface area contributed by atoms with E-state index >= 15 is 0 Å². The summed E-state index contributed by atoms with van der Waals surface area (Å²) < 4.78 is 10.8. The van der Waals surface area contributed by atoms with Gasteiger partial charge in [-0.05, 0) is 55.2 Å². The lowest BCUT2D eigenvalue weighted by atomic mass is 10.1. The highest BCUT2D eigenvalue weighted by Gasteiger charge is 2.13. The first-order valence-corrected chi connectivity index (χ1v) is 9.77. The monoisotopic (exact) mass is 380 g/mol.